The summed E-state index contributed by atoms with van der Waals surface area (Å²) in [5.41, 5.74) is 5.79. The number of carbonyl (C=O) groups is 2. The topological polar surface area (TPSA) is 92.4 Å². The van der Waals surface area contributed by atoms with Crippen LogP contribution >= 0.6 is 0 Å². The van der Waals surface area contributed by atoms with E-state index in [4.69, 9.17) is 10.8 Å². The Hall–Kier alpha value is -1.10. The molecule has 5 nitrogen and oxygen atoms in total. The minimum Gasteiger partial charge on any atom is -0.481 e. The Balaban J connectivity index is 2.42. The predicted octanol–water partition coefficient (Wildman–Crippen LogP) is 2.15. The molecule has 122 valence electrons. The van der Waals surface area contributed by atoms with Crippen LogP contribution in [-0.2, 0) is 9.59 Å². The van der Waals surface area contributed by atoms with Gasteiger partial charge in [-0.3, -0.25) is 9.59 Å². The van der Waals surface area contributed by atoms with Crippen molar-refractivity contribution in [2.75, 3.05) is 6.54 Å². The van der Waals surface area contributed by atoms with Gasteiger partial charge in [-0.25, -0.2) is 0 Å². The third kappa shape index (κ3) is 6.93. The smallest absolute Gasteiger partial charge is 0.305 e. The van der Waals surface area contributed by atoms with E-state index in [2.05, 4.69) is 26.1 Å². The van der Waals surface area contributed by atoms with Crippen molar-refractivity contribution < 1.29 is 14.7 Å². The average Bonchev–Trinajstić information content (AvgIpc) is 3.15. The number of carboxylic acids is 1. The molecule has 2 atom stereocenters. The van der Waals surface area contributed by atoms with Gasteiger partial charge in [0.1, 0.15) is 0 Å². The first kappa shape index (κ1) is 18.0. The number of hydrogen-bond donors (Lipinski definition) is 3. The first-order chi connectivity index (χ1) is 9.74. The van der Waals surface area contributed by atoms with Gasteiger partial charge in [0.25, 0.3) is 0 Å². The molecule has 1 rings (SSSR count). The summed E-state index contributed by atoms with van der Waals surface area (Å²) in [6, 6.07) is -0.197. The lowest BCUT2D eigenvalue weighted by Gasteiger charge is -2.30. The van der Waals surface area contributed by atoms with Crippen molar-refractivity contribution in [3.05, 3.63) is 0 Å². The van der Waals surface area contributed by atoms with E-state index in [1.54, 1.807) is 0 Å². The van der Waals surface area contributed by atoms with Crippen LogP contribution in [0.25, 0.3) is 0 Å². The van der Waals surface area contributed by atoms with Gasteiger partial charge in [-0.1, -0.05) is 20.8 Å². The monoisotopic (exact) mass is 298 g/mol. The van der Waals surface area contributed by atoms with Gasteiger partial charge in [0.2, 0.25) is 5.91 Å². The zero-order chi connectivity index (χ0) is 16.0. The Morgan fingerprint density at radius 1 is 1.29 bits per heavy atom. The SMILES string of the molecule is CC(C)(C)C(CCN)CCC(=O)NC(CC(=O)O)C1CC1. The summed E-state index contributed by atoms with van der Waals surface area (Å²) in [7, 11) is 0. The van der Waals surface area contributed by atoms with Gasteiger partial charge >= 0.3 is 5.97 Å². The predicted molar refractivity (Wildman–Crippen MR) is 82.8 cm³/mol. The molecule has 1 aliphatic rings. The summed E-state index contributed by atoms with van der Waals surface area (Å²) in [4.78, 5) is 22.9. The van der Waals surface area contributed by atoms with Gasteiger partial charge in [0.05, 0.1) is 6.42 Å². The fourth-order valence-electron chi connectivity index (χ4n) is 2.82. The molecule has 0 aromatic heterocycles. The van der Waals surface area contributed by atoms with Crippen LogP contribution in [0.4, 0.5) is 0 Å². The molecular weight excluding hydrogens is 268 g/mol. The molecular formula is C16H30N2O3. The van der Waals surface area contributed by atoms with Crippen molar-refractivity contribution in [1.82, 2.24) is 5.32 Å². The molecule has 0 aromatic rings. The van der Waals surface area contributed by atoms with E-state index < -0.39 is 5.97 Å². The number of rotatable bonds is 9. The summed E-state index contributed by atoms with van der Waals surface area (Å²) in [5.74, 6) is -0.109. The van der Waals surface area contributed by atoms with E-state index in [0.717, 1.165) is 25.7 Å². The number of nitrogens with one attached hydrogen (secondary N) is 1. The van der Waals surface area contributed by atoms with Gasteiger partial charge in [-0.05, 0) is 49.5 Å². The maximum Gasteiger partial charge on any atom is 0.305 e. The van der Waals surface area contributed by atoms with E-state index in [9.17, 15) is 9.59 Å². The first-order valence-electron chi connectivity index (χ1n) is 7.95. The highest BCUT2D eigenvalue weighted by atomic mass is 16.4. The average molecular weight is 298 g/mol. The molecule has 1 saturated carbocycles. The molecule has 0 aliphatic heterocycles. The second-order valence-electron chi connectivity index (χ2n) is 7.29. The van der Waals surface area contributed by atoms with Crippen LogP contribution in [0.15, 0.2) is 0 Å². The third-order valence-electron chi connectivity index (χ3n) is 4.39. The van der Waals surface area contributed by atoms with E-state index in [1.807, 2.05) is 0 Å². The molecule has 0 spiro atoms. The molecule has 1 aliphatic carbocycles. The van der Waals surface area contributed by atoms with E-state index >= 15 is 0 Å². The number of amides is 1. The lowest BCUT2D eigenvalue weighted by atomic mass is 9.76. The number of carbonyl (C=O) groups excluding carboxylic acids is 1. The van der Waals surface area contributed by atoms with Crippen molar-refractivity contribution in [3.63, 3.8) is 0 Å². The van der Waals surface area contributed by atoms with Crippen molar-refractivity contribution in [2.45, 2.75) is 65.3 Å². The molecule has 4 N–H and O–H groups in total. The van der Waals surface area contributed by atoms with Crippen LogP contribution in [0.5, 0.6) is 0 Å². The Morgan fingerprint density at radius 2 is 1.90 bits per heavy atom. The number of aliphatic carboxylic acids is 1. The van der Waals surface area contributed by atoms with Crippen LogP contribution in [0, 0.1) is 17.3 Å². The van der Waals surface area contributed by atoms with Crippen LogP contribution in [0.3, 0.4) is 0 Å². The van der Waals surface area contributed by atoms with Gasteiger partial charge in [-0.15, -0.1) is 0 Å². The van der Waals surface area contributed by atoms with Crippen molar-refractivity contribution in [1.29, 1.82) is 0 Å². The second kappa shape index (κ2) is 7.78. The summed E-state index contributed by atoms with van der Waals surface area (Å²) in [6.45, 7) is 7.14. The minimum absolute atomic E-state index is 0.0283. The number of carboxylic acid groups (broad SMARTS) is 1. The number of nitrogens with two attached hydrogens (primary N) is 1. The molecule has 1 amide bonds. The molecule has 0 saturated heterocycles. The largest absolute Gasteiger partial charge is 0.481 e. The Bertz CT molecular complexity index is 359. The van der Waals surface area contributed by atoms with Crippen molar-refractivity contribution in [3.8, 4) is 0 Å². The van der Waals surface area contributed by atoms with Crippen molar-refractivity contribution >= 4 is 11.9 Å². The maximum absolute atomic E-state index is 12.1. The molecule has 0 radical (unpaired) electrons. The zero-order valence-electron chi connectivity index (χ0n) is 13.5. The highest BCUT2D eigenvalue weighted by Crippen LogP contribution is 2.35. The van der Waals surface area contributed by atoms with Gasteiger partial charge in [0.15, 0.2) is 0 Å². The Labute approximate surface area is 127 Å². The normalized spacial score (nSPS) is 18.1. The molecule has 0 bridgehead atoms. The highest BCUT2D eigenvalue weighted by Gasteiger charge is 2.34. The molecule has 2 unspecified atom stereocenters. The first-order valence-corrected chi connectivity index (χ1v) is 7.95. The Kier molecular flexibility index (Phi) is 6.65. The standard InChI is InChI=1S/C16H30N2O3/c1-16(2,3)12(8-9-17)6-7-14(19)18-13(10-15(20)21)11-4-5-11/h11-13H,4-10,17H2,1-3H3,(H,18,19)(H,20,21). The molecule has 5 heteroatoms. The molecule has 0 aromatic carbocycles. The summed E-state index contributed by atoms with van der Waals surface area (Å²) in [5, 5.41) is 11.8. The summed E-state index contributed by atoms with van der Waals surface area (Å²) in [6.07, 6.45) is 4.24. The highest BCUT2D eigenvalue weighted by molar-refractivity contribution is 5.77. The lowest BCUT2D eigenvalue weighted by molar-refractivity contribution is -0.137. The van der Waals surface area contributed by atoms with Crippen LogP contribution in [-0.4, -0.2) is 29.6 Å². The second-order valence-corrected chi connectivity index (χ2v) is 7.29. The van der Waals surface area contributed by atoms with E-state index in [1.165, 1.54) is 0 Å². The van der Waals surface area contributed by atoms with Gasteiger partial charge in [-0.2, -0.15) is 0 Å². The zero-order valence-corrected chi connectivity index (χ0v) is 13.5. The van der Waals surface area contributed by atoms with Gasteiger partial charge in [0, 0.05) is 12.5 Å². The molecule has 1 fully saturated rings. The molecule has 0 heterocycles. The van der Waals surface area contributed by atoms with Crippen LogP contribution < -0.4 is 11.1 Å². The fourth-order valence-corrected chi connectivity index (χ4v) is 2.82. The van der Waals surface area contributed by atoms with Crippen LogP contribution in [0.1, 0.15) is 59.3 Å². The maximum atomic E-state index is 12.1. The lowest BCUT2D eigenvalue weighted by Crippen LogP contribution is -2.38. The number of hydrogen-bond acceptors (Lipinski definition) is 3. The third-order valence-corrected chi connectivity index (χ3v) is 4.39. The summed E-state index contributed by atoms with van der Waals surface area (Å²) < 4.78 is 0. The fraction of sp³-hybridized carbons (Fsp3) is 0.875. The van der Waals surface area contributed by atoms with Crippen molar-refractivity contribution in [2.24, 2.45) is 23.0 Å². The van der Waals surface area contributed by atoms with Crippen LogP contribution in [0.2, 0.25) is 0 Å². The minimum atomic E-state index is -0.845. The quantitative estimate of drug-likeness (QED) is 0.608. The van der Waals surface area contributed by atoms with Gasteiger partial charge < -0.3 is 16.2 Å². The van der Waals surface area contributed by atoms with E-state index in [-0.39, 0.29) is 23.8 Å². The summed E-state index contributed by atoms with van der Waals surface area (Å²) >= 11 is 0. The molecule has 21 heavy (non-hydrogen) atoms. The van der Waals surface area contributed by atoms with E-state index in [0.29, 0.717) is 24.8 Å². The Morgan fingerprint density at radius 3 is 2.33 bits per heavy atom.